The van der Waals surface area contributed by atoms with Gasteiger partial charge in [0.2, 0.25) is 5.88 Å². The number of aryl methyl sites for hydroxylation is 1. The molecule has 1 N–H and O–H groups in total. The molecule has 2 aromatic heterocycles. The first-order valence-electron chi connectivity index (χ1n) is 10.0. The number of nitrogens with one attached hydrogen (secondary N) is 1. The van der Waals surface area contributed by atoms with Crippen LogP contribution in [0.1, 0.15) is 18.2 Å². The van der Waals surface area contributed by atoms with Crippen LogP contribution in [0.4, 0.5) is 25.3 Å². The lowest BCUT2D eigenvalue weighted by Crippen LogP contribution is -2.50. The Bertz CT molecular complexity index is 1100. The van der Waals surface area contributed by atoms with E-state index in [1.807, 2.05) is 18.7 Å². The summed E-state index contributed by atoms with van der Waals surface area (Å²) in [7, 11) is 0. The summed E-state index contributed by atoms with van der Waals surface area (Å²) in [5, 5.41) is 6.69. The molecule has 0 aliphatic carbocycles. The number of carbonyl (C=O) groups is 1. The van der Waals surface area contributed by atoms with Crippen molar-refractivity contribution < 1.29 is 18.1 Å². The van der Waals surface area contributed by atoms with Gasteiger partial charge in [-0.3, -0.25) is 5.32 Å². The first kappa shape index (κ1) is 20.7. The molecule has 4 rings (SSSR count). The molecule has 1 fully saturated rings. The third-order valence-corrected chi connectivity index (χ3v) is 5.28. The maximum Gasteiger partial charge on any atom is 0.324 e. The van der Waals surface area contributed by atoms with E-state index >= 15 is 0 Å². The number of urea groups is 1. The van der Waals surface area contributed by atoms with E-state index in [1.54, 1.807) is 11.0 Å². The summed E-state index contributed by atoms with van der Waals surface area (Å²) in [6.07, 6.45) is 2.22. The van der Waals surface area contributed by atoms with E-state index in [9.17, 15) is 13.6 Å². The van der Waals surface area contributed by atoms with Crippen molar-refractivity contribution >= 4 is 17.7 Å². The van der Waals surface area contributed by atoms with Crippen LogP contribution in [0.5, 0.6) is 0 Å². The number of piperazine rings is 1. The van der Waals surface area contributed by atoms with Gasteiger partial charge in [0, 0.05) is 37.9 Å². The van der Waals surface area contributed by atoms with Gasteiger partial charge >= 0.3 is 6.03 Å². The second-order valence-electron chi connectivity index (χ2n) is 7.17. The number of hydrogen-bond acceptors (Lipinski definition) is 6. The Kier molecular flexibility index (Phi) is 5.79. The van der Waals surface area contributed by atoms with Gasteiger partial charge in [-0.2, -0.15) is 0 Å². The van der Waals surface area contributed by atoms with Crippen LogP contribution in [0.15, 0.2) is 35.0 Å². The molecule has 162 valence electrons. The van der Waals surface area contributed by atoms with E-state index in [0.717, 1.165) is 17.3 Å². The fourth-order valence-electron chi connectivity index (χ4n) is 3.55. The average molecular weight is 428 g/mol. The van der Waals surface area contributed by atoms with Crippen molar-refractivity contribution in [3.63, 3.8) is 0 Å². The number of hydrogen-bond donors (Lipinski definition) is 1. The third-order valence-electron chi connectivity index (χ3n) is 5.28. The van der Waals surface area contributed by atoms with Gasteiger partial charge in [0.15, 0.2) is 17.5 Å². The van der Waals surface area contributed by atoms with Crippen LogP contribution >= 0.6 is 0 Å². The highest BCUT2D eigenvalue weighted by Gasteiger charge is 2.24. The van der Waals surface area contributed by atoms with Crippen molar-refractivity contribution in [2.24, 2.45) is 0 Å². The van der Waals surface area contributed by atoms with Crippen molar-refractivity contribution in [1.82, 2.24) is 20.0 Å². The number of carbonyl (C=O) groups excluding carboxylic acids is 1. The Morgan fingerprint density at radius 1 is 1.19 bits per heavy atom. The lowest BCUT2D eigenvalue weighted by Gasteiger charge is -2.35. The van der Waals surface area contributed by atoms with Crippen molar-refractivity contribution in [2.45, 2.75) is 20.3 Å². The van der Waals surface area contributed by atoms with Gasteiger partial charge in [-0.25, -0.2) is 23.5 Å². The molecule has 0 spiro atoms. The molecule has 10 heteroatoms. The summed E-state index contributed by atoms with van der Waals surface area (Å²) in [4.78, 5) is 24.7. The van der Waals surface area contributed by atoms with Crippen LogP contribution < -0.4 is 10.2 Å². The van der Waals surface area contributed by atoms with Gasteiger partial charge in [-0.15, -0.1) is 0 Å². The molecule has 3 aromatic rings. The van der Waals surface area contributed by atoms with E-state index in [0.29, 0.717) is 44.3 Å². The van der Waals surface area contributed by atoms with Crippen LogP contribution in [0.25, 0.3) is 11.4 Å². The number of halogens is 2. The summed E-state index contributed by atoms with van der Waals surface area (Å²) in [5.41, 5.74) is 1.65. The molecule has 8 nitrogen and oxygen atoms in total. The second kappa shape index (κ2) is 8.66. The molecule has 2 amide bonds. The highest BCUT2D eigenvalue weighted by Crippen LogP contribution is 2.24. The van der Waals surface area contributed by atoms with E-state index in [1.165, 1.54) is 18.3 Å². The Morgan fingerprint density at radius 2 is 1.97 bits per heavy atom. The number of rotatable bonds is 4. The first-order valence-corrected chi connectivity index (χ1v) is 10.0. The van der Waals surface area contributed by atoms with Crippen LogP contribution in [0, 0.1) is 18.6 Å². The largest absolute Gasteiger partial charge is 0.353 e. The van der Waals surface area contributed by atoms with Crippen molar-refractivity contribution in [1.29, 1.82) is 0 Å². The molecule has 0 radical (unpaired) electrons. The standard InChI is InChI=1S/C21H22F2N6O2/c1-3-14-13(2)27-31-20(14)26-21(30)29-11-9-28(10-12-29)17-7-8-24-19(25-17)15-5-4-6-16(22)18(15)23/h4-8H,3,9-12H2,1-2H3,(H,26,30). The predicted molar refractivity (Wildman–Crippen MR) is 111 cm³/mol. The minimum atomic E-state index is -0.977. The van der Waals surface area contributed by atoms with E-state index in [-0.39, 0.29) is 17.4 Å². The fourth-order valence-corrected chi connectivity index (χ4v) is 3.55. The lowest BCUT2D eigenvalue weighted by molar-refractivity contribution is 0.207. The monoisotopic (exact) mass is 428 g/mol. The highest BCUT2D eigenvalue weighted by atomic mass is 19.2. The molecule has 0 unspecified atom stereocenters. The number of benzene rings is 1. The van der Waals surface area contributed by atoms with E-state index in [2.05, 4.69) is 20.4 Å². The topological polar surface area (TPSA) is 87.4 Å². The second-order valence-corrected chi connectivity index (χ2v) is 7.17. The Balaban J connectivity index is 1.42. The minimum absolute atomic E-state index is 0.00828. The zero-order valence-corrected chi connectivity index (χ0v) is 17.2. The Morgan fingerprint density at radius 3 is 2.71 bits per heavy atom. The number of aromatic nitrogens is 3. The third kappa shape index (κ3) is 4.18. The fraction of sp³-hybridized carbons (Fsp3) is 0.333. The summed E-state index contributed by atoms with van der Waals surface area (Å²) in [6, 6.07) is 5.37. The summed E-state index contributed by atoms with van der Waals surface area (Å²) < 4.78 is 32.9. The normalized spacial score (nSPS) is 14.1. The van der Waals surface area contributed by atoms with Crippen LogP contribution in [-0.4, -0.2) is 52.2 Å². The van der Waals surface area contributed by atoms with Gasteiger partial charge in [-0.05, 0) is 31.5 Å². The Labute approximate surface area is 177 Å². The SMILES string of the molecule is CCc1c(C)noc1NC(=O)N1CCN(c2ccnc(-c3cccc(F)c3F)n2)CC1. The van der Waals surface area contributed by atoms with E-state index in [4.69, 9.17) is 4.52 Å². The predicted octanol–water partition coefficient (Wildman–Crippen LogP) is 3.63. The summed E-state index contributed by atoms with van der Waals surface area (Å²) in [6.45, 7) is 5.81. The van der Waals surface area contributed by atoms with Crippen LogP contribution in [0.2, 0.25) is 0 Å². The average Bonchev–Trinajstić information content (AvgIpc) is 3.14. The van der Waals surface area contributed by atoms with Crippen molar-refractivity contribution in [3.05, 3.63) is 53.4 Å². The zero-order chi connectivity index (χ0) is 22.0. The van der Waals surface area contributed by atoms with Gasteiger partial charge in [-0.1, -0.05) is 18.1 Å². The quantitative estimate of drug-likeness (QED) is 0.683. The minimum Gasteiger partial charge on any atom is -0.353 e. The molecule has 0 bridgehead atoms. The molecule has 1 saturated heterocycles. The van der Waals surface area contributed by atoms with Crippen LogP contribution in [0.3, 0.4) is 0 Å². The van der Waals surface area contributed by atoms with Crippen molar-refractivity contribution in [2.75, 3.05) is 36.4 Å². The molecule has 1 aromatic carbocycles. The molecule has 0 atom stereocenters. The number of nitrogens with zero attached hydrogens (tertiary/aromatic N) is 5. The van der Waals surface area contributed by atoms with Crippen LogP contribution in [-0.2, 0) is 6.42 Å². The maximum atomic E-state index is 14.1. The van der Waals surface area contributed by atoms with Gasteiger partial charge in [0.05, 0.1) is 11.3 Å². The molecule has 31 heavy (non-hydrogen) atoms. The highest BCUT2D eigenvalue weighted by molar-refractivity contribution is 5.88. The molecule has 1 aliphatic rings. The smallest absolute Gasteiger partial charge is 0.324 e. The van der Waals surface area contributed by atoms with Gasteiger partial charge in [0.1, 0.15) is 5.82 Å². The maximum absolute atomic E-state index is 14.1. The number of amides is 2. The van der Waals surface area contributed by atoms with Crippen molar-refractivity contribution in [3.8, 4) is 11.4 Å². The molecule has 3 heterocycles. The molecule has 0 saturated carbocycles. The molecular formula is C21H22F2N6O2. The zero-order valence-electron chi connectivity index (χ0n) is 17.2. The molecular weight excluding hydrogens is 406 g/mol. The lowest BCUT2D eigenvalue weighted by atomic mass is 10.2. The first-order chi connectivity index (χ1) is 15.0. The summed E-state index contributed by atoms with van der Waals surface area (Å²) >= 11 is 0. The number of anilines is 2. The van der Waals surface area contributed by atoms with E-state index < -0.39 is 11.6 Å². The Hall–Kier alpha value is -3.56. The van der Waals surface area contributed by atoms with Gasteiger partial charge < -0.3 is 14.3 Å². The van der Waals surface area contributed by atoms with Gasteiger partial charge in [0.25, 0.3) is 0 Å². The summed E-state index contributed by atoms with van der Waals surface area (Å²) in [5.74, 6) is -0.838. The molecule has 1 aliphatic heterocycles.